The number of nitrogens with one attached hydrogen (secondary N) is 1. The van der Waals surface area contributed by atoms with E-state index in [1.165, 1.54) is 25.7 Å². The molecule has 1 amide bonds. The number of allylic oxidation sites excluding steroid dienone is 8. The van der Waals surface area contributed by atoms with Crippen molar-refractivity contribution in [3.05, 3.63) is 48.6 Å². The minimum absolute atomic E-state index is 0.00433. The molecule has 0 aromatic heterocycles. The van der Waals surface area contributed by atoms with Crippen LogP contribution in [0.2, 0.25) is 0 Å². The fourth-order valence-electron chi connectivity index (χ4n) is 2.39. The van der Waals surface area contributed by atoms with E-state index in [1.807, 2.05) is 6.92 Å². The molecule has 0 aromatic rings. The Morgan fingerprint density at radius 3 is 1.83 bits per heavy atom. The van der Waals surface area contributed by atoms with Crippen LogP contribution in [0, 0.1) is 5.92 Å². The summed E-state index contributed by atoms with van der Waals surface area (Å²) in [7, 11) is 0. The maximum absolute atomic E-state index is 11.6. The summed E-state index contributed by atoms with van der Waals surface area (Å²) in [6, 6.07) is 0. The Hall–Kier alpha value is -1.69. The lowest BCUT2D eigenvalue weighted by atomic mass is 10.0. The van der Waals surface area contributed by atoms with Crippen LogP contribution in [-0.4, -0.2) is 42.4 Å². The highest BCUT2D eigenvalue weighted by atomic mass is 16.3. The van der Waals surface area contributed by atoms with Crippen LogP contribution in [0.15, 0.2) is 48.6 Å². The molecule has 5 N–H and O–H groups in total. The number of unbranched alkanes of at least 4 members (excludes halogenated alkanes) is 3. The summed E-state index contributed by atoms with van der Waals surface area (Å²) >= 11 is 0. The van der Waals surface area contributed by atoms with Crippen molar-refractivity contribution in [1.82, 2.24) is 5.32 Å². The van der Waals surface area contributed by atoms with Gasteiger partial charge in [0.2, 0.25) is 5.91 Å². The lowest BCUT2D eigenvalue weighted by molar-refractivity contribution is -0.124. The smallest absolute Gasteiger partial charge is 0.222 e. The molecule has 0 saturated heterocycles. The first-order valence-corrected chi connectivity index (χ1v) is 11.4. The molecular weight excluding hydrogens is 376 g/mol. The van der Waals surface area contributed by atoms with Crippen LogP contribution in [0.25, 0.3) is 0 Å². The molecule has 0 bridgehead atoms. The second kappa shape index (κ2) is 27.3. The molecule has 0 radical (unpaired) electrons. The number of carbonyl (C=O) groups is 1. The number of carbonyl (C=O) groups excluding carboxylic acids is 1. The van der Waals surface area contributed by atoms with Gasteiger partial charge in [0.25, 0.3) is 0 Å². The first kappa shape index (κ1) is 30.5. The lowest BCUT2D eigenvalue weighted by Gasteiger charge is -2.09. The van der Waals surface area contributed by atoms with Crippen LogP contribution in [0.1, 0.15) is 71.6 Å². The van der Waals surface area contributed by atoms with E-state index in [0.717, 1.165) is 32.1 Å². The molecule has 5 heteroatoms. The quantitative estimate of drug-likeness (QED) is 0.206. The van der Waals surface area contributed by atoms with Gasteiger partial charge in [-0.3, -0.25) is 4.79 Å². The molecular formula is C25H46N2O3. The molecule has 1 unspecified atom stereocenters. The molecule has 0 aliphatic carbocycles. The van der Waals surface area contributed by atoms with Crippen LogP contribution < -0.4 is 11.1 Å². The Morgan fingerprint density at radius 2 is 1.37 bits per heavy atom. The van der Waals surface area contributed by atoms with E-state index in [2.05, 4.69) is 60.8 Å². The van der Waals surface area contributed by atoms with Gasteiger partial charge in [-0.05, 0) is 44.9 Å². The van der Waals surface area contributed by atoms with E-state index in [9.17, 15) is 4.79 Å². The van der Waals surface area contributed by atoms with E-state index in [1.54, 1.807) is 0 Å². The SMILES string of the molecule is CCCCC/C=C\C/C=C\C/C=C\C/C=C\CCC(C)C(=O)NCCO.NCCO. The zero-order valence-corrected chi connectivity index (χ0v) is 19.3. The average molecular weight is 423 g/mol. The normalized spacial score (nSPS) is 12.7. The minimum atomic E-state index is -0.00688. The van der Waals surface area contributed by atoms with Gasteiger partial charge in [0, 0.05) is 19.0 Å². The molecule has 1 atom stereocenters. The molecule has 0 spiro atoms. The van der Waals surface area contributed by atoms with Crippen LogP contribution >= 0.6 is 0 Å². The summed E-state index contributed by atoms with van der Waals surface area (Å²) in [5.41, 5.74) is 4.78. The summed E-state index contributed by atoms with van der Waals surface area (Å²) < 4.78 is 0. The van der Waals surface area contributed by atoms with Crippen LogP contribution in [0.3, 0.4) is 0 Å². The number of hydrogen-bond donors (Lipinski definition) is 4. The van der Waals surface area contributed by atoms with E-state index >= 15 is 0 Å². The molecule has 0 rings (SSSR count). The Morgan fingerprint density at radius 1 is 0.867 bits per heavy atom. The molecule has 0 saturated carbocycles. The van der Waals surface area contributed by atoms with Gasteiger partial charge in [-0.2, -0.15) is 0 Å². The highest BCUT2D eigenvalue weighted by molar-refractivity contribution is 5.78. The van der Waals surface area contributed by atoms with Crippen molar-refractivity contribution in [1.29, 1.82) is 0 Å². The van der Waals surface area contributed by atoms with E-state index < -0.39 is 0 Å². The third kappa shape index (κ3) is 26.3. The van der Waals surface area contributed by atoms with Crippen molar-refractivity contribution < 1.29 is 15.0 Å². The van der Waals surface area contributed by atoms with Gasteiger partial charge in [0.15, 0.2) is 0 Å². The van der Waals surface area contributed by atoms with Gasteiger partial charge in [0.05, 0.1) is 13.2 Å². The van der Waals surface area contributed by atoms with Gasteiger partial charge in [-0.15, -0.1) is 0 Å². The number of nitrogens with two attached hydrogens (primary N) is 1. The fraction of sp³-hybridized carbons (Fsp3) is 0.640. The van der Waals surface area contributed by atoms with Gasteiger partial charge in [0.1, 0.15) is 0 Å². The summed E-state index contributed by atoms with van der Waals surface area (Å²) in [6.07, 6.45) is 27.5. The maximum atomic E-state index is 11.6. The molecule has 5 nitrogen and oxygen atoms in total. The summed E-state index contributed by atoms with van der Waals surface area (Å²) in [4.78, 5) is 11.6. The highest BCUT2D eigenvalue weighted by Gasteiger charge is 2.10. The Kier molecular flexibility index (Phi) is 27.8. The topological polar surface area (TPSA) is 95.6 Å². The van der Waals surface area contributed by atoms with Crippen molar-refractivity contribution in [2.24, 2.45) is 11.7 Å². The zero-order chi connectivity index (χ0) is 22.7. The predicted molar refractivity (Wildman–Crippen MR) is 129 cm³/mol. The van der Waals surface area contributed by atoms with E-state index in [-0.39, 0.29) is 25.0 Å². The van der Waals surface area contributed by atoms with Crippen molar-refractivity contribution in [3.63, 3.8) is 0 Å². The Balaban J connectivity index is 0. The summed E-state index contributed by atoms with van der Waals surface area (Å²) in [5.74, 6) is 0.0162. The molecule has 0 aliphatic heterocycles. The molecule has 0 heterocycles. The molecule has 174 valence electrons. The predicted octanol–water partition coefficient (Wildman–Crippen LogP) is 4.42. The van der Waals surface area contributed by atoms with Crippen molar-refractivity contribution in [3.8, 4) is 0 Å². The Bertz CT molecular complexity index is 469. The molecule has 30 heavy (non-hydrogen) atoms. The first-order chi connectivity index (χ1) is 14.6. The van der Waals surface area contributed by atoms with Crippen molar-refractivity contribution in [2.75, 3.05) is 26.3 Å². The van der Waals surface area contributed by atoms with Gasteiger partial charge in [-0.1, -0.05) is 75.3 Å². The second-order valence-electron chi connectivity index (χ2n) is 7.09. The largest absolute Gasteiger partial charge is 0.395 e. The van der Waals surface area contributed by atoms with Crippen molar-refractivity contribution >= 4 is 5.91 Å². The van der Waals surface area contributed by atoms with Gasteiger partial charge in [-0.25, -0.2) is 0 Å². The number of amides is 1. The number of hydrogen-bond acceptors (Lipinski definition) is 4. The second-order valence-corrected chi connectivity index (χ2v) is 7.09. The molecule has 0 aliphatic rings. The van der Waals surface area contributed by atoms with Gasteiger partial charge < -0.3 is 21.3 Å². The van der Waals surface area contributed by atoms with Crippen LogP contribution in [-0.2, 0) is 4.79 Å². The first-order valence-electron chi connectivity index (χ1n) is 11.4. The third-order valence-electron chi connectivity index (χ3n) is 4.21. The summed E-state index contributed by atoms with van der Waals surface area (Å²) in [5, 5.41) is 19.1. The molecule has 0 aromatic carbocycles. The van der Waals surface area contributed by atoms with Crippen LogP contribution in [0.5, 0.6) is 0 Å². The number of rotatable bonds is 17. The molecule has 0 fully saturated rings. The van der Waals surface area contributed by atoms with Crippen LogP contribution in [0.4, 0.5) is 0 Å². The van der Waals surface area contributed by atoms with Crippen molar-refractivity contribution in [2.45, 2.75) is 71.6 Å². The third-order valence-corrected chi connectivity index (χ3v) is 4.21. The van der Waals surface area contributed by atoms with E-state index in [0.29, 0.717) is 13.1 Å². The lowest BCUT2D eigenvalue weighted by Crippen LogP contribution is -2.31. The number of aliphatic hydroxyl groups is 2. The monoisotopic (exact) mass is 422 g/mol. The minimum Gasteiger partial charge on any atom is -0.395 e. The Labute approximate surface area is 184 Å². The zero-order valence-electron chi connectivity index (χ0n) is 19.3. The van der Waals surface area contributed by atoms with E-state index in [4.69, 9.17) is 15.9 Å². The number of aliphatic hydroxyl groups excluding tert-OH is 2. The average Bonchev–Trinajstić information content (AvgIpc) is 2.77. The maximum Gasteiger partial charge on any atom is 0.222 e. The summed E-state index contributed by atoms with van der Waals surface area (Å²) in [6.45, 7) is 4.97. The van der Waals surface area contributed by atoms with Gasteiger partial charge >= 0.3 is 0 Å². The fourth-order valence-corrected chi connectivity index (χ4v) is 2.39. The highest BCUT2D eigenvalue weighted by Crippen LogP contribution is 2.06. The standard InChI is InChI=1S/C23H39NO2.C2H7NO/c1-3-4-5-6-7-8-9-10-11-12-13-14-15-16-17-18-19-22(2)23(26)24-20-21-25;3-1-2-4/h7-8,10-11,13-14,16-17,22,25H,3-6,9,12,15,18-21H2,1-2H3,(H,24,26);4H,1-3H2/b8-7-,11-10-,14-13-,17-16-;.